The van der Waals surface area contributed by atoms with Gasteiger partial charge < -0.3 is 5.32 Å². The number of nitrogens with zero attached hydrogens (tertiary/aromatic N) is 3. The Morgan fingerprint density at radius 1 is 1.25 bits per heavy atom. The highest BCUT2D eigenvalue weighted by Gasteiger charge is 2.25. The Balaban J connectivity index is 1.67. The SMILES string of the molecule is CC1CCC(c2cn(C3CNC3)nn2)CC1. The largest absolute Gasteiger partial charge is 0.312 e. The fourth-order valence-corrected chi connectivity index (χ4v) is 2.67. The van der Waals surface area contributed by atoms with Crippen molar-refractivity contribution in [1.82, 2.24) is 20.3 Å². The third-order valence-corrected chi connectivity index (χ3v) is 4.10. The second kappa shape index (κ2) is 4.17. The first-order valence-corrected chi connectivity index (χ1v) is 6.45. The van der Waals surface area contributed by atoms with Gasteiger partial charge in [0.1, 0.15) is 0 Å². The van der Waals surface area contributed by atoms with Crippen molar-refractivity contribution in [3.8, 4) is 0 Å². The first-order chi connectivity index (χ1) is 7.83. The molecule has 2 heterocycles. The Kier molecular flexibility index (Phi) is 2.67. The molecule has 16 heavy (non-hydrogen) atoms. The fourth-order valence-electron chi connectivity index (χ4n) is 2.67. The Morgan fingerprint density at radius 2 is 2.00 bits per heavy atom. The number of nitrogens with one attached hydrogen (secondary N) is 1. The summed E-state index contributed by atoms with van der Waals surface area (Å²) in [4.78, 5) is 0. The Hall–Kier alpha value is -0.900. The summed E-state index contributed by atoms with van der Waals surface area (Å²) in [6.07, 6.45) is 7.46. The molecule has 4 nitrogen and oxygen atoms in total. The highest BCUT2D eigenvalue weighted by molar-refractivity contribution is 5.04. The predicted molar refractivity (Wildman–Crippen MR) is 62.3 cm³/mol. The lowest BCUT2D eigenvalue weighted by molar-refractivity contribution is 0.312. The molecule has 2 fully saturated rings. The fraction of sp³-hybridized carbons (Fsp3) is 0.833. The standard InChI is InChI=1S/C12H20N4/c1-9-2-4-10(5-3-9)12-8-16(15-14-12)11-6-13-7-11/h8-11,13H,2-7H2,1H3. The lowest BCUT2D eigenvalue weighted by Crippen LogP contribution is -2.43. The minimum Gasteiger partial charge on any atom is -0.312 e. The minimum atomic E-state index is 0.545. The summed E-state index contributed by atoms with van der Waals surface area (Å²) in [7, 11) is 0. The zero-order valence-electron chi connectivity index (χ0n) is 9.89. The van der Waals surface area contributed by atoms with Crippen LogP contribution in [0.5, 0.6) is 0 Å². The third-order valence-electron chi connectivity index (χ3n) is 4.10. The zero-order valence-corrected chi connectivity index (χ0v) is 9.89. The van der Waals surface area contributed by atoms with Crippen LogP contribution in [-0.4, -0.2) is 28.1 Å². The van der Waals surface area contributed by atoms with E-state index >= 15 is 0 Å². The second-order valence-corrected chi connectivity index (χ2v) is 5.39. The van der Waals surface area contributed by atoms with E-state index in [-0.39, 0.29) is 0 Å². The van der Waals surface area contributed by atoms with Gasteiger partial charge in [0.2, 0.25) is 0 Å². The van der Waals surface area contributed by atoms with Crippen molar-refractivity contribution in [2.24, 2.45) is 5.92 Å². The van der Waals surface area contributed by atoms with E-state index in [0.717, 1.165) is 19.0 Å². The summed E-state index contributed by atoms with van der Waals surface area (Å²) in [6.45, 7) is 4.45. The average molecular weight is 220 g/mol. The molecule has 0 unspecified atom stereocenters. The van der Waals surface area contributed by atoms with Crippen LogP contribution in [-0.2, 0) is 0 Å². The molecule has 0 atom stereocenters. The van der Waals surface area contributed by atoms with Gasteiger partial charge in [0, 0.05) is 25.2 Å². The van der Waals surface area contributed by atoms with Crippen LogP contribution in [0.15, 0.2) is 6.20 Å². The van der Waals surface area contributed by atoms with Crippen LogP contribution in [0.1, 0.15) is 50.3 Å². The smallest absolute Gasteiger partial charge is 0.0858 e. The first-order valence-electron chi connectivity index (χ1n) is 6.45. The van der Waals surface area contributed by atoms with Crippen LogP contribution in [0.3, 0.4) is 0 Å². The molecule has 1 N–H and O–H groups in total. The van der Waals surface area contributed by atoms with Crippen LogP contribution in [0.25, 0.3) is 0 Å². The first kappa shape index (κ1) is 10.3. The molecule has 4 heteroatoms. The maximum absolute atomic E-state index is 4.35. The third kappa shape index (κ3) is 1.86. The maximum atomic E-state index is 4.35. The lowest BCUT2D eigenvalue weighted by atomic mass is 9.82. The summed E-state index contributed by atoms with van der Waals surface area (Å²) < 4.78 is 2.05. The van der Waals surface area contributed by atoms with E-state index in [1.165, 1.54) is 31.4 Å². The van der Waals surface area contributed by atoms with E-state index in [4.69, 9.17) is 0 Å². The minimum absolute atomic E-state index is 0.545. The lowest BCUT2D eigenvalue weighted by Gasteiger charge is -2.27. The van der Waals surface area contributed by atoms with Gasteiger partial charge in [0.25, 0.3) is 0 Å². The highest BCUT2D eigenvalue weighted by Crippen LogP contribution is 2.34. The number of aromatic nitrogens is 3. The molecule has 0 amide bonds. The van der Waals surface area contributed by atoms with Gasteiger partial charge in [-0.05, 0) is 18.8 Å². The van der Waals surface area contributed by atoms with Crippen molar-refractivity contribution >= 4 is 0 Å². The van der Waals surface area contributed by atoms with Gasteiger partial charge in [-0.15, -0.1) is 5.10 Å². The Morgan fingerprint density at radius 3 is 2.62 bits per heavy atom. The maximum Gasteiger partial charge on any atom is 0.0858 e. The molecule has 1 aromatic heterocycles. The molecular formula is C12H20N4. The van der Waals surface area contributed by atoms with Crippen molar-refractivity contribution in [3.05, 3.63) is 11.9 Å². The summed E-state index contributed by atoms with van der Waals surface area (Å²) in [5, 5.41) is 11.9. The summed E-state index contributed by atoms with van der Waals surface area (Å²) in [5.41, 5.74) is 1.22. The Labute approximate surface area is 96.4 Å². The van der Waals surface area contributed by atoms with E-state index in [2.05, 4.69) is 28.7 Å². The van der Waals surface area contributed by atoms with Crippen molar-refractivity contribution in [2.75, 3.05) is 13.1 Å². The topological polar surface area (TPSA) is 42.7 Å². The molecule has 0 aromatic carbocycles. The van der Waals surface area contributed by atoms with E-state index in [1.54, 1.807) is 0 Å². The van der Waals surface area contributed by atoms with Crippen LogP contribution in [0, 0.1) is 5.92 Å². The number of rotatable bonds is 2. The Bertz CT molecular complexity index is 348. The normalized spacial score (nSPS) is 31.3. The molecule has 1 saturated carbocycles. The van der Waals surface area contributed by atoms with Gasteiger partial charge in [-0.3, -0.25) is 0 Å². The summed E-state index contributed by atoms with van der Waals surface area (Å²) >= 11 is 0. The van der Waals surface area contributed by atoms with E-state index in [1.807, 2.05) is 4.68 Å². The van der Waals surface area contributed by atoms with E-state index in [0.29, 0.717) is 12.0 Å². The van der Waals surface area contributed by atoms with Gasteiger partial charge in [0.05, 0.1) is 11.7 Å². The van der Waals surface area contributed by atoms with Crippen molar-refractivity contribution in [1.29, 1.82) is 0 Å². The summed E-state index contributed by atoms with van der Waals surface area (Å²) in [6, 6.07) is 0.545. The van der Waals surface area contributed by atoms with Crippen molar-refractivity contribution < 1.29 is 0 Å². The molecule has 1 aliphatic heterocycles. The molecular weight excluding hydrogens is 200 g/mol. The van der Waals surface area contributed by atoms with E-state index in [9.17, 15) is 0 Å². The van der Waals surface area contributed by atoms with Gasteiger partial charge in [0.15, 0.2) is 0 Å². The van der Waals surface area contributed by atoms with Gasteiger partial charge in [-0.25, -0.2) is 4.68 Å². The zero-order chi connectivity index (χ0) is 11.0. The summed E-state index contributed by atoms with van der Waals surface area (Å²) in [5.74, 6) is 1.57. The average Bonchev–Trinajstić information content (AvgIpc) is 2.65. The van der Waals surface area contributed by atoms with E-state index < -0.39 is 0 Å². The van der Waals surface area contributed by atoms with Crippen LogP contribution >= 0.6 is 0 Å². The van der Waals surface area contributed by atoms with Crippen LogP contribution in [0.2, 0.25) is 0 Å². The molecule has 0 bridgehead atoms. The molecule has 1 aromatic rings. The molecule has 2 aliphatic rings. The highest BCUT2D eigenvalue weighted by atomic mass is 15.4. The van der Waals surface area contributed by atoms with Crippen LogP contribution in [0.4, 0.5) is 0 Å². The second-order valence-electron chi connectivity index (χ2n) is 5.39. The predicted octanol–water partition coefficient (Wildman–Crippen LogP) is 1.72. The molecule has 88 valence electrons. The quantitative estimate of drug-likeness (QED) is 0.825. The molecule has 0 radical (unpaired) electrons. The van der Waals surface area contributed by atoms with Gasteiger partial charge in [-0.2, -0.15) is 0 Å². The van der Waals surface area contributed by atoms with Gasteiger partial charge >= 0.3 is 0 Å². The monoisotopic (exact) mass is 220 g/mol. The number of hydrogen-bond donors (Lipinski definition) is 1. The van der Waals surface area contributed by atoms with Crippen molar-refractivity contribution in [3.63, 3.8) is 0 Å². The molecule has 1 aliphatic carbocycles. The molecule has 0 spiro atoms. The van der Waals surface area contributed by atoms with Crippen LogP contribution < -0.4 is 5.32 Å². The van der Waals surface area contributed by atoms with Crippen molar-refractivity contribution in [2.45, 2.75) is 44.6 Å². The molecule has 3 rings (SSSR count). The van der Waals surface area contributed by atoms with Gasteiger partial charge in [-0.1, -0.05) is 25.0 Å². The molecule has 1 saturated heterocycles. The number of hydrogen-bond acceptors (Lipinski definition) is 3.